The summed E-state index contributed by atoms with van der Waals surface area (Å²) in [5.41, 5.74) is 31.7. The van der Waals surface area contributed by atoms with Crippen LogP contribution in [-0.4, -0.2) is 29.9 Å². The van der Waals surface area contributed by atoms with Gasteiger partial charge >= 0.3 is 0 Å². The van der Waals surface area contributed by atoms with Crippen molar-refractivity contribution in [2.24, 2.45) is 0 Å². The first-order valence-electron chi connectivity index (χ1n) is 42.5. The summed E-state index contributed by atoms with van der Waals surface area (Å²) in [5, 5.41) is 14.1. The molecule has 3 aliphatic rings. The SMILES string of the molecule is CC1(C)c2ccccc2-c2c1ccc1cccc(-c3nc(-c4ccccc4)c4c(ccc5ccccc54)n3)c21.CC1(C)c2ccccc2-c2c1ccc1cccc(-c3nc(-c4ccccc4)c4ccccc4n3)c21.c1ccc(-c2nc3c(ccc4ccccc43)nc2-c2cccc3c4c(ccc23)-c2ccccc2C4(c2ccccc2)c2ccccc2)cc1. The lowest BCUT2D eigenvalue weighted by Crippen LogP contribution is -2.28. The fourth-order valence-electron chi connectivity index (χ4n) is 20.6. The molecule has 0 fully saturated rings. The number of hydrogen-bond acceptors (Lipinski definition) is 6. The third-order valence-electron chi connectivity index (χ3n) is 26.3. The molecule has 0 saturated carbocycles. The maximum Gasteiger partial charge on any atom is 0.161 e. The van der Waals surface area contributed by atoms with E-state index in [-0.39, 0.29) is 10.8 Å². The van der Waals surface area contributed by atoms with Gasteiger partial charge in [-0.3, -0.25) is 0 Å². The van der Waals surface area contributed by atoms with Crippen LogP contribution in [0.15, 0.2) is 413 Å². The number of benzene rings is 19. The van der Waals surface area contributed by atoms with Gasteiger partial charge in [0.05, 0.1) is 50.3 Å². The van der Waals surface area contributed by atoms with Gasteiger partial charge in [-0.2, -0.15) is 0 Å². The van der Waals surface area contributed by atoms with E-state index < -0.39 is 5.41 Å². The minimum absolute atomic E-state index is 0.0489. The molecular weight excluding hydrogens is 1490 g/mol. The molecule has 0 N–H and O–H groups in total. The molecular formula is C117H80N6. The van der Waals surface area contributed by atoms with Gasteiger partial charge in [-0.25, -0.2) is 29.9 Å². The number of aromatic nitrogens is 6. The van der Waals surface area contributed by atoms with Crippen LogP contribution in [0.25, 0.3) is 188 Å². The highest BCUT2D eigenvalue weighted by Gasteiger charge is 2.48. The molecule has 123 heavy (non-hydrogen) atoms. The standard InChI is InChI=1S/C47H30N2.C37H26N2.C33H24N2/c1-4-16-32(17-5-1)44-46(48-42-30-27-31-15-10-11-22-35(31)45(42)49-44)40-25-14-24-38-36(40)28-29-39-37-23-12-13-26-41(37)47(43(38)39,33-18-6-2-7-19-33)34-20-8-3-9-21-34;1-37(2)29-18-9-8-16-27(29)33-30(37)21-19-24-14-10-17-28(32(24)33)36-38-31-22-20-23-11-6-7-15-26(23)34(31)35(39-36)25-12-4-3-5-13-25;1-33(2)26-17-8-6-14-23(26)30-27(33)20-19-21-13-10-16-25(29(21)30)32-34-28-18-9-7-15-24(28)31(35-32)22-11-4-3-5-12-22/h1-30H;3-22H,1-2H3;3-20H,1-2H3. The molecule has 3 aromatic heterocycles. The van der Waals surface area contributed by atoms with Gasteiger partial charge in [-0.05, 0) is 134 Å². The minimum Gasteiger partial charge on any atom is -0.244 e. The Morgan fingerprint density at radius 3 is 1.20 bits per heavy atom. The van der Waals surface area contributed by atoms with Gasteiger partial charge in [0.15, 0.2) is 11.6 Å². The summed E-state index contributed by atoms with van der Waals surface area (Å²) >= 11 is 0. The molecule has 0 radical (unpaired) electrons. The Kier molecular flexibility index (Phi) is 17.1. The van der Waals surface area contributed by atoms with Gasteiger partial charge in [-0.15, -0.1) is 0 Å². The van der Waals surface area contributed by atoms with E-state index in [2.05, 4.69) is 428 Å². The Balaban J connectivity index is 0.000000109. The molecule has 0 aliphatic heterocycles. The van der Waals surface area contributed by atoms with Crippen LogP contribution in [0.3, 0.4) is 0 Å². The van der Waals surface area contributed by atoms with Crippen LogP contribution in [0, 0.1) is 0 Å². The second-order valence-corrected chi connectivity index (χ2v) is 33.7. The lowest BCUT2D eigenvalue weighted by atomic mass is 9.66. The Labute approximate surface area is 713 Å². The van der Waals surface area contributed by atoms with E-state index in [1.54, 1.807) is 0 Å². The topological polar surface area (TPSA) is 77.3 Å². The van der Waals surface area contributed by atoms with E-state index in [9.17, 15) is 0 Å². The van der Waals surface area contributed by atoms with Crippen LogP contribution < -0.4 is 0 Å². The second-order valence-electron chi connectivity index (χ2n) is 33.7. The number of hydrogen-bond donors (Lipinski definition) is 0. The first-order valence-corrected chi connectivity index (χ1v) is 42.5. The van der Waals surface area contributed by atoms with E-state index in [0.29, 0.717) is 0 Å². The predicted octanol–water partition coefficient (Wildman–Crippen LogP) is 29.6. The molecule has 0 saturated heterocycles. The maximum absolute atomic E-state index is 5.45. The van der Waals surface area contributed by atoms with Crippen molar-refractivity contribution >= 4 is 86.7 Å². The fraction of sp³-hybridized carbons (Fsp3) is 0.0598. The van der Waals surface area contributed by atoms with Gasteiger partial charge in [0, 0.05) is 71.1 Å². The first kappa shape index (κ1) is 72.7. The largest absolute Gasteiger partial charge is 0.244 e. The van der Waals surface area contributed by atoms with Crippen molar-refractivity contribution < 1.29 is 0 Å². The van der Waals surface area contributed by atoms with E-state index in [1.807, 2.05) is 12.1 Å². The van der Waals surface area contributed by atoms with E-state index >= 15 is 0 Å². The Bertz CT molecular complexity index is 8000. The number of rotatable bonds is 8. The monoisotopic (exact) mass is 1570 g/mol. The van der Waals surface area contributed by atoms with Crippen molar-refractivity contribution in [3.05, 3.63) is 457 Å². The molecule has 3 aliphatic carbocycles. The van der Waals surface area contributed by atoms with Gasteiger partial charge in [0.1, 0.15) is 0 Å². The summed E-state index contributed by atoms with van der Waals surface area (Å²) in [7, 11) is 0. The Hall–Kier alpha value is -15.5. The maximum atomic E-state index is 5.45. The first-order chi connectivity index (χ1) is 60.6. The lowest BCUT2D eigenvalue weighted by Gasteiger charge is -2.34. The summed E-state index contributed by atoms with van der Waals surface area (Å²) in [6, 6.07) is 147. The Morgan fingerprint density at radius 2 is 0.610 bits per heavy atom. The molecule has 3 heterocycles. The number of nitrogens with zero attached hydrogens (tertiary/aromatic N) is 6. The van der Waals surface area contributed by atoms with Gasteiger partial charge in [0.25, 0.3) is 0 Å². The van der Waals surface area contributed by atoms with Gasteiger partial charge < -0.3 is 0 Å². The molecule has 578 valence electrons. The molecule has 0 bridgehead atoms. The van der Waals surface area contributed by atoms with Crippen molar-refractivity contribution in [3.63, 3.8) is 0 Å². The average Bonchev–Trinajstić information content (AvgIpc) is 1.54. The zero-order valence-corrected chi connectivity index (χ0v) is 68.4. The highest BCUT2D eigenvalue weighted by Crippen LogP contribution is 2.60. The number of fused-ring (bicyclic) bond motifs is 22. The lowest BCUT2D eigenvalue weighted by molar-refractivity contribution is 0.660. The zero-order chi connectivity index (χ0) is 82.1. The van der Waals surface area contributed by atoms with Crippen molar-refractivity contribution in [1.29, 1.82) is 0 Å². The third-order valence-corrected chi connectivity index (χ3v) is 26.3. The van der Waals surface area contributed by atoms with Crippen molar-refractivity contribution in [2.45, 2.75) is 43.9 Å². The van der Waals surface area contributed by atoms with E-state index in [0.717, 1.165) is 117 Å². The zero-order valence-electron chi connectivity index (χ0n) is 68.4. The van der Waals surface area contributed by atoms with E-state index in [1.165, 1.54) is 116 Å². The third kappa shape index (κ3) is 11.5. The highest BCUT2D eigenvalue weighted by molar-refractivity contribution is 6.16. The van der Waals surface area contributed by atoms with Gasteiger partial charge in [0.2, 0.25) is 0 Å². The van der Waals surface area contributed by atoms with Crippen LogP contribution in [0.5, 0.6) is 0 Å². The van der Waals surface area contributed by atoms with E-state index in [4.69, 9.17) is 29.9 Å². The quantitative estimate of drug-likeness (QED) is 0.141. The Morgan fingerprint density at radius 1 is 0.195 bits per heavy atom. The predicted molar refractivity (Wildman–Crippen MR) is 511 cm³/mol. The molecule has 19 aromatic carbocycles. The molecule has 0 amide bonds. The second kappa shape index (κ2) is 28.9. The summed E-state index contributed by atoms with van der Waals surface area (Å²) in [5.74, 6) is 1.53. The molecule has 0 unspecified atom stereocenters. The molecule has 22 aromatic rings. The molecule has 0 spiro atoms. The molecule has 6 heteroatoms. The molecule has 0 atom stereocenters. The normalized spacial score (nSPS) is 13.4. The fourth-order valence-corrected chi connectivity index (χ4v) is 20.6. The van der Waals surface area contributed by atoms with Gasteiger partial charge in [-0.1, -0.05) is 422 Å². The van der Waals surface area contributed by atoms with Crippen LogP contribution >= 0.6 is 0 Å². The summed E-state index contributed by atoms with van der Waals surface area (Å²) in [6.07, 6.45) is 0. The van der Waals surface area contributed by atoms with Crippen LogP contribution in [0.1, 0.15) is 72.2 Å². The smallest absolute Gasteiger partial charge is 0.161 e. The minimum atomic E-state index is -0.497. The summed E-state index contributed by atoms with van der Waals surface area (Å²) in [6.45, 7) is 9.31. The molecule has 25 rings (SSSR count). The van der Waals surface area contributed by atoms with Crippen molar-refractivity contribution in [3.8, 4) is 101 Å². The highest BCUT2D eigenvalue weighted by atomic mass is 14.9. The van der Waals surface area contributed by atoms with Crippen LogP contribution in [-0.2, 0) is 16.2 Å². The summed E-state index contributed by atoms with van der Waals surface area (Å²) in [4.78, 5) is 31.7. The average molecular weight is 1570 g/mol. The molecule has 6 nitrogen and oxygen atoms in total. The van der Waals surface area contributed by atoms with Crippen LogP contribution in [0.2, 0.25) is 0 Å². The van der Waals surface area contributed by atoms with Crippen LogP contribution in [0.4, 0.5) is 0 Å². The number of para-hydroxylation sites is 1. The van der Waals surface area contributed by atoms with Crippen molar-refractivity contribution in [2.75, 3.05) is 0 Å². The van der Waals surface area contributed by atoms with Crippen molar-refractivity contribution in [1.82, 2.24) is 29.9 Å². The summed E-state index contributed by atoms with van der Waals surface area (Å²) < 4.78 is 0.